The Bertz CT molecular complexity index is 1090. The van der Waals surface area contributed by atoms with Crippen molar-refractivity contribution in [3.63, 3.8) is 0 Å². The number of carbonyl (C=O) groups excluding carboxylic acids is 1. The predicted octanol–water partition coefficient (Wildman–Crippen LogP) is 3.91. The van der Waals surface area contributed by atoms with E-state index >= 15 is 0 Å². The molecule has 2 atom stereocenters. The van der Waals surface area contributed by atoms with E-state index in [1.54, 1.807) is 0 Å². The molecule has 1 saturated carbocycles. The van der Waals surface area contributed by atoms with E-state index in [4.69, 9.17) is 0 Å². The van der Waals surface area contributed by atoms with E-state index in [9.17, 15) is 9.90 Å². The summed E-state index contributed by atoms with van der Waals surface area (Å²) in [6.07, 6.45) is 5.30. The number of allylic oxidation sites excluding steroid dienone is 1. The Labute approximate surface area is 178 Å². The van der Waals surface area contributed by atoms with Crippen molar-refractivity contribution in [2.24, 2.45) is 0 Å². The largest absolute Gasteiger partial charge is 0.391 e. The van der Waals surface area contributed by atoms with Crippen LogP contribution in [0.2, 0.25) is 0 Å². The highest BCUT2D eigenvalue weighted by Gasteiger charge is 2.38. The molecule has 0 bridgehead atoms. The lowest BCUT2D eigenvalue weighted by Gasteiger charge is -2.26. The molecule has 30 heavy (non-hydrogen) atoms. The Balaban J connectivity index is 1.35. The summed E-state index contributed by atoms with van der Waals surface area (Å²) in [7, 11) is 2.07. The monoisotopic (exact) mass is 401 g/mol. The summed E-state index contributed by atoms with van der Waals surface area (Å²) >= 11 is 0. The molecule has 2 heterocycles. The van der Waals surface area contributed by atoms with Crippen molar-refractivity contribution >= 4 is 17.2 Å². The molecule has 0 spiro atoms. The normalized spacial score (nSPS) is 23.0. The molecule has 154 valence electrons. The van der Waals surface area contributed by atoms with Crippen LogP contribution in [0.25, 0.3) is 5.57 Å². The number of fused-ring (bicyclic) bond motifs is 1. The van der Waals surface area contributed by atoms with Gasteiger partial charge in [-0.2, -0.15) is 0 Å². The minimum Gasteiger partial charge on any atom is -0.391 e. The van der Waals surface area contributed by atoms with E-state index in [1.807, 2.05) is 4.90 Å². The first-order valence-electron chi connectivity index (χ1n) is 10.9. The van der Waals surface area contributed by atoms with Crippen LogP contribution in [-0.4, -0.2) is 45.4 Å². The van der Waals surface area contributed by atoms with Gasteiger partial charge in [0.05, 0.1) is 12.1 Å². The Kier molecular flexibility index (Phi) is 4.62. The van der Waals surface area contributed by atoms with Gasteiger partial charge in [0.2, 0.25) is 0 Å². The van der Waals surface area contributed by atoms with Crippen LogP contribution in [0.15, 0.2) is 42.6 Å². The van der Waals surface area contributed by atoms with E-state index in [2.05, 4.69) is 68.1 Å². The molecule has 0 radical (unpaired) electrons. The van der Waals surface area contributed by atoms with Crippen LogP contribution in [0.1, 0.15) is 64.4 Å². The van der Waals surface area contributed by atoms with Crippen molar-refractivity contribution in [3.05, 3.63) is 76.0 Å². The molecule has 0 aromatic heterocycles. The number of aliphatic hydroxyl groups excluding tert-OH is 1. The van der Waals surface area contributed by atoms with Gasteiger partial charge in [-0.1, -0.05) is 30.3 Å². The number of hydrogen-bond donors (Lipinski definition) is 1. The second kappa shape index (κ2) is 7.21. The van der Waals surface area contributed by atoms with E-state index in [-0.39, 0.29) is 18.1 Å². The Morgan fingerprint density at radius 1 is 1.13 bits per heavy atom. The zero-order valence-electron chi connectivity index (χ0n) is 18.0. The summed E-state index contributed by atoms with van der Waals surface area (Å²) in [6.45, 7) is 4.90. The van der Waals surface area contributed by atoms with Crippen LogP contribution >= 0.6 is 0 Å². The molecule has 1 amide bonds. The summed E-state index contributed by atoms with van der Waals surface area (Å²) in [6, 6.07) is 13.0. The number of aliphatic hydroxyl groups is 1. The van der Waals surface area contributed by atoms with Crippen LogP contribution in [0.4, 0.5) is 0 Å². The first-order valence-corrected chi connectivity index (χ1v) is 10.9. The van der Waals surface area contributed by atoms with E-state index in [0.717, 1.165) is 36.8 Å². The van der Waals surface area contributed by atoms with Crippen LogP contribution in [0, 0.1) is 6.92 Å². The molecular weight excluding hydrogens is 372 g/mol. The lowest BCUT2D eigenvalue weighted by atomic mass is 9.93. The minimum absolute atomic E-state index is 0.0266. The van der Waals surface area contributed by atoms with Gasteiger partial charge < -0.3 is 10.0 Å². The molecule has 3 aliphatic rings. The fourth-order valence-electron chi connectivity index (χ4n) is 5.11. The average Bonchev–Trinajstić information content (AvgIpc) is 3.30. The molecule has 2 aromatic rings. The maximum atomic E-state index is 13.1. The molecule has 4 nitrogen and oxygen atoms in total. The second-order valence-corrected chi connectivity index (χ2v) is 9.05. The van der Waals surface area contributed by atoms with E-state index in [1.165, 1.54) is 33.5 Å². The first-order chi connectivity index (χ1) is 14.4. The molecule has 2 unspecified atom stereocenters. The standard InChI is InChI=1S/C26H29N2O2/c1-16-11-21-14-28(24-5-4-6-25(24)29)26(30)22(21)13-20(16)12-18-7-9-19(10-8-18)23-15-27(3)17(23)2/h7-11,13,15,24-25,29H,4-6,12,14H2,1-3H3/q+1. The topological polar surface area (TPSA) is 43.5 Å². The summed E-state index contributed by atoms with van der Waals surface area (Å²) in [5.41, 5.74) is 9.45. The summed E-state index contributed by atoms with van der Waals surface area (Å²) in [4.78, 5) is 15.0. The van der Waals surface area contributed by atoms with Crippen molar-refractivity contribution in [1.82, 2.24) is 4.90 Å². The summed E-state index contributed by atoms with van der Waals surface area (Å²) in [5.74, 6) is 0.0830. The molecule has 2 aromatic carbocycles. The zero-order valence-corrected chi connectivity index (χ0v) is 18.0. The van der Waals surface area contributed by atoms with Gasteiger partial charge in [-0.25, -0.2) is 4.58 Å². The molecule has 4 heteroatoms. The van der Waals surface area contributed by atoms with Crippen LogP contribution in [0.5, 0.6) is 0 Å². The maximum Gasteiger partial charge on any atom is 0.254 e. The lowest BCUT2D eigenvalue weighted by molar-refractivity contribution is -0.430. The Morgan fingerprint density at radius 3 is 2.53 bits per heavy atom. The number of nitrogens with zero attached hydrogens (tertiary/aromatic N) is 2. The Morgan fingerprint density at radius 2 is 1.90 bits per heavy atom. The number of aryl methyl sites for hydroxylation is 1. The third-order valence-corrected chi connectivity index (χ3v) is 7.14. The number of amides is 1. The first kappa shape index (κ1) is 19.3. The second-order valence-electron chi connectivity index (χ2n) is 9.05. The molecule has 2 aliphatic heterocycles. The number of benzene rings is 2. The van der Waals surface area contributed by atoms with Gasteiger partial charge in [0.25, 0.3) is 5.91 Å². The van der Waals surface area contributed by atoms with Gasteiger partial charge in [0.1, 0.15) is 12.6 Å². The SMILES string of the molecule is CC1=[N+](C)C=C1c1ccc(Cc2cc3c(cc2C)CN(C2CCCC2O)C3=O)cc1. The molecular formula is C26H29N2O2+. The predicted molar refractivity (Wildman–Crippen MR) is 119 cm³/mol. The number of rotatable bonds is 4. The lowest BCUT2D eigenvalue weighted by Crippen LogP contribution is -2.40. The highest BCUT2D eigenvalue weighted by atomic mass is 16.3. The number of hydrogen-bond acceptors (Lipinski definition) is 2. The fourth-order valence-corrected chi connectivity index (χ4v) is 5.11. The average molecular weight is 402 g/mol. The highest BCUT2D eigenvalue weighted by Crippen LogP contribution is 2.34. The smallest absolute Gasteiger partial charge is 0.254 e. The van der Waals surface area contributed by atoms with Gasteiger partial charge in [-0.05, 0) is 66.5 Å². The van der Waals surface area contributed by atoms with Gasteiger partial charge >= 0.3 is 0 Å². The van der Waals surface area contributed by atoms with Gasteiger partial charge in [-0.3, -0.25) is 4.79 Å². The van der Waals surface area contributed by atoms with Crippen molar-refractivity contribution in [3.8, 4) is 0 Å². The zero-order chi connectivity index (χ0) is 21.0. The number of carbonyl (C=O) groups is 1. The third-order valence-electron chi connectivity index (χ3n) is 7.14. The maximum absolute atomic E-state index is 13.1. The van der Waals surface area contributed by atoms with Gasteiger partial charge in [0.15, 0.2) is 11.9 Å². The van der Waals surface area contributed by atoms with Gasteiger partial charge in [-0.15, -0.1) is 0 Å². The fraction of sp³-hybridized carbons (Fsp3) is 0.385. The summed E-state index contributed by atoms with van der Waals surface area (Å²) in [5, 5.41) is 10.3. The molecule has 1 fully saturated rings. The van der Waals surface area contributed by atoms with E-state index in [0.29, 0.717) is 6.54 Å². The molecule has 0 saturated heterocycles. The van der Waals surface area contributed by atoms with Crippen molar-refractivity contribution in [2.45, 2.75) is 58.2 Å². The highest BCUT2D eigenvalue weighted by molar-refractivity contribution is 6.22. The molecule has 1 N–H and O–H groups in total. The van der Waals surface area contributed by atoms with Crippen LogP contribution < -0.4 is 0 Å². The van der Waals surface area contributed by atoms with E-state index < -0.39 is 0 Å². The van der Waals surface area contributed by atoms with Crippen molar-refractivity contribution < 1.29 is 14.5 Å². The third kappa shape index (κ3) is 3.10. The minimum atomic E-state index is -0.381. The van der Waals surface area contributed by atoms with Gasteiger partial charge in [0, 0.05) is 19.0 Å². The van der Waals surface area contributed by atoms with Crippen LogP contribution in [-0.2, 0) is 13.0 Å². The quantitative estimate of drug-likeness (QED) is 0.790. The van der Waals surface area contributed by atoms with Crippen LogP contribution in [0.3, 0.4) is 0 Å². The summed E-state index contributed by atoms with van der Waals surface area (Å²) < 4.78 is 2.14. The molecule has 5 rings (SSSR count). The van der Waals surface area contributed by atoms with Crippen molar-refractivity contribution in [2.75, 3.05) is 7.05 Å². The Hall–Kier alpha value is -2.72. The van der Waals surface area contributed by atoms with Crippen molar-refractivity contribution in [1.29, 1.82) is 0 Å². The molecule has 1 aliphatic carbocycles.